The Morgan fingerprint density at radius 2 is 2.00 bits per heavy atom. The molecule has 35 heavy (non-hydrogen) atoms. The maximum absolute atomic E-state index is 14.3. The van der Waals surface area contributed by atoms with E-state index in [4.69, 9.17) is 0 Å². The van der Waals surface area contributed by atoms with Gasteiger partial charge in [-0.2, -0.15) is 0 Å². The van der Waals surface area contributed by atoms with E-state index in [2.05, 4.69) is 10.3 Å². The minimum Gasteiger partial charge on any atom is -0.465 e. The number of carboxylic acid groups (broad SMARTS) is 1. The fourth-order valence-corrected chi connectivity index (χ4v) is 5.90. The molecular formula is C25H30FIN4O4. The van der Waals surface area contributed by atoms with Crippen LogP contribution in [-0.4, -0.2) is 68.3 Å². The van der Waals surface area contributed by atoms with Gasteiger partial charge in [0.1, 0.15) is 11.4 Å². The summed E-state index contributed by atoms with van der Waals surface area (Å²) in [7, 11) is 0. The van der Waals surface area contributed by atoms with Crippen LogP contribution in [0.2, 0.25) is 0 Å². The lowest BCUT2D eigenvalue weighted by molar-refractivity contribution is -0.115. The SMILES string of the molecule is CC(C)(CC1(O)CN(C(=O)c2ccncc2Nc2ccc(I)cc2F)C1)[C@@H]1CCCCN1C(=O)O. The van der Waals surface area contributed by atoms with Crippen LogP contribution in [0.25, 0.3) is 0 Å². The largest absolute Gasteiger partial charge is 0.465 e. The van der Waals surface area contributed by atoms with Crippen LogP contribution in [-0.2, 0) is 0 Å². The van der Waals surface area contributed by atoms with Gasteiger partial charge in [-0.3, -0.25) is 9.78 Å². The van der Waals surface area contributed by atoms with Crippen molar-refractivity contribution in [1.29, 1.82) is 0 Å². The number of β-amino-alcohol motifs (C(OH)–C–C–N with tert-alkyl or cyclic N) is 1. The van der Waals surface area contributed by atoms with Crippen LogP contribution < -0.4 is 5.32 Å². The number of hydrogen-bond acceptors (Lipinski definition) is 5. The van der Waals surface area contributed by atoms with E-state index in [1.807, 2.05) is 36.4 Å². The molecule has 1 aromatic carbocycles. The number of carbonyl (C=O) groups is 2. The summed E-state index contributed by atoms with van der Waals surface area (Å²) in [6, 6.07) is 6.16. The number of pyridine rings is 1. The van der Waals surface area contributed by atoms with Crippen LogP contribution in [0.1, 0.15) is 49.9 Å². The highest BCUT2D eigenvalue weighted by atomic mass is 127. The molecule has 10 heteroatoms. The monoisotopic (exact) mass is 596 g/mol. The van der Waals surface area contributed by atoms with Gasteiger partial charge in [0.25, 0.3) is 5.91 Å². The number of rotatable bonds is 6. The number of carbonyl (C=O) groups excluding carboxylic acids is 1. The van der Waals surface area contributed by atoms with E-state index in [1.54, 1.807) is 23.1 Å². The van der Waals surface area contributed by atoms with Gasteiger partial charge < -0.3 is 25.3 Å². The van der Waals surface area contributed by atoms with E-state index in [0.717, 1.165) is 22.8 Å². The maximum Gasteiger partial charge on any atom is 0.407 e. The summed E-state index contributed by atoms with van der Waals surface area (Å²) in [6.07, 6.45) is 5.00. The number of aliphatic hydroxyl groups is 1. The standard InChI is InChI=1S/C25H30FIN4O4/c1-24(2,21-5-3-4-10-31(21)23(33)34)13-25(35)14-30(15-25)22(32)17-8-9-28-12-20(17)29-19-7-6-16(27)11-18(19)26/h6-9,11-12,21,29,35H,3-5,10,13-15H2,1-2H3,(H,33,34)/t21-/m0/s1. The summed E-state index contributed by atoms with van der Waals surface area (Å²) in [5.74, 6) is -0.717. The molecular weight excluding hydrogens is 566 g/mol. The van der Waals surface area contributed by atoms with Crippen molar-refractivity contribution < 1.29 is 24.2 Å². The maximum atomic E-state index is 14.3. The van der Waals surface area contributed by atoms with Crippen LogP contribution >= 0.6 is 22.6 Å². The van der Waals surface area contributed by atoms with Crippen molar-refractivity contribution >= 4 is 46.0 Å². The van der Waals surface area contributed by atoms with Crippen molar-refractivity contribution in [2.45, 2.75) is 51.2 Å². The van der Waals surface area contributed by atoms with Crippen LogP contribution in [0.4, 0.5) is 20.6 Å². The van der Waals surface area contributed by atoms with Crippen LogP contribution in [0.3, 0.4) is 0 Å². The number of aromatic nitrogens is 1. The van der Waals surface area contributed by atoms with E-state index in [1.165, 1.54) is 23.4 Å². The van der Waals surface area contributed by atoms with Crippen molar-refractivity contribution in [2.24, 2.45) is 5.41 Å². The Hall–Kier alpha value is -2.47. The number of likely N-dealkylation sites (tertiary alicyclic amines) is 2. The molecule has 0 aliphatic carbocycles. The van der Waals surface area contributed by atoms with E-state index >= 15 is 0 Å². The number of hydrogen-bond donors (Lipinski definition) is 3. The highest BCUT2D eigenvalue weighted by Gasteiger charge is 2.50. The molecule has 2 saturated heterocycles. The number of amides is 2. The first-order valence-corrected chi connectivity index (χ1v) is 12.7. The lowest BCUT2D eigenvalue weighted by Crippen LogP contribution is -2.66. The lowest BCUT2D eigenvalue weighted by atomic mass is 9.69. The smallest absolute Gasteiger partial charge is 0.407 e. The molecule has 2 aromatic rings. The predicted octanol–water partition coefficient (Wildman–Crippen LogP) is 4.70. The summed E-state index contributed by atoms with van der Waals surface area (Å²) >= 11 is 2.03. The quantitative estimate of drug-likeness (QED) is 0.418. The van der Waals surface area contributed by atoms with Crippen molar-refractivity contribution in [3.05, 3.63) is 51.6 Å². The van der Waals surface area contributed by atoms with Crippen LogP contribution in [0.15, 0.2) is 36.7 Å². The molecule has 3 heterocycles. The van der Waals surface area contributed by atoms with Gasteiger partial charge in [0.05, 0.1) is 36.2 Å². The molecule has 1 atom stereocenters. The number of benzene rings is 1. The van der Waals surface area contributed by atoms with Gasteiger partial charge in [0, 0.05) is 22.4 Å². The van der Waals surface area contributed by atoms with E-state index in [-0.39, 0.29) is 30.7 Å². The summed E-state index contributed by atoms with van der Waals surface area (Å²) in [6.45, 7) is 4.78. The second-order valence-electron chi connectivity index (χ2n) is 10.2. The zero-order valence-corrected chi connectivity index (χ0v) is 22.0. The minimum absolute atomic E-state index is 0.148. The molecule has 188 valence electrons. The highest BCUT2D eigenvalue weighted by Crippen LogP contribution is 2.42. The second kappa shape index (κ2) is 9.88. The molecule has 0 radical (unpaired) electrons. The van der Waals surface area contributed by atoms with Crippen LogP contribution in [0.5, 0.6) is 0 Å². The molecule has 0 unspecified atom stereocenters. The Morgan fingerprint density at radius 1 is 1.26 bits per heavy atom. The molecule has 0 saturated carbocycles. The van der Waals surface area contributed by atoms with E-state index in [9.17, 15) is 24.2 Å². The van der Waals surface area contributed by atoms with Gasteiger partial charge in [0.2, 0.25) is 0 Å². The van der Waals surface area contributed by atoms with Crippen molar-refractivity contribution in [3.8, 4) is 0 Å². The van der Waals surface area contributed by atoms with Gasteiger partial charge in [-0.05, 0) is 78.0 Å². The Labute approximate surface area is 217 Å². The normalized spacial score (nSPS) is 19.7. The first-order valence-electron chi connectivity index (χ1n) is 11.7. The van der Waals surface area contributed by atoms with Crippen molar-refractivity contribution in [3.63, 3.8) is 0 Å². The number of halogens is 2. The summed E-state index contributed by atoms with van der Waals surface area (Å²) < 4.78 is 15.1. The molecule has 2 amide bonds. The highest BCUT2D eigenvalue weighted by molar-refractivity contribution is 14.1. The van der Waals surface area contributed by atoms with Gasteiger partial charge in [-0.25, -0.2) is 9.18 Å². The van der Waals surface area contributed by atoms with Crippen molar-refractivity contribution in [1.82, 2.24) is 14.8 Å². The molecule has 1 aromatic heterocycles. The van der Waals surface area contributed by atoms with E-state index < -0.39 is 22.9 Å². The molecule has 2 fully saturated rings. The molecule has 2 aliphatic heterocycles. The van der Waals surface area contributed by atoms with Gasteiger partial charge in [-0.1, -0.05) is 13.8 Å². The predicted molar refractivity (Wildman–Crippen MR) is 138 cm³/mol. The second-order valence-corrected chi connectivity index (χ2v) is 11.5. The van der Waals surface area contributed by atoms with Gasteiger partial charge in [-0.15, -0.1) is 0 Å². The Kier molecular flexibility index (Phi) is 7.23. The molecule has 0 bridgehead atoms. The third-order valence-corrected chi connectivity index (χ3v) is 7.62. The third-order valence-electron chi connectivity index (χ3n) is 6.94. The third kappa shape index (κ3) is 5.53. The zero-order chi connectivity index (χ0) is 25.4. The minimum atomic E-state index is -1.09. The molecule has 3 N–H and O–H groups in total. The summed E-state index contributed by atoms with van der Waals surface area (Å²) in [5.41, 5.74) is -0.584. The summed E-state index contributed by atoms with van der Waals surface area (Å²) in [5, 5.41) is 23.8. The fraction of sp³-hybridized carbons (Fsp3) is 0.480. The molecule has 8 nitrogen and oxygen atoms in total. The average Bonchev–Trinajstić information content (AvgIpc) is 2.79. The first-order chi connectivity index (χ1) is 16.5. The molecule has 0 spiro atoms. The number of nitrogens with one attached hydrogen (secondary N) is 1. The van der Waals surface area contributed by atoms with E-state index in [0.29, 0.717) is 24.2 Å². The Balaban J connectivity index is 1.44. The lowest BCUT2D eigenvalue weighted by Gasteiger charge is -2.52. The van der Waals surface area contributed by atoms with Crippen molar-refractivity contribution in [2.75, 3.05) is 25.0 Å². The van der Waals surface area contributed by atoms with Gasteiger partial charge >= 0.3 is 6.09 Å². The average molecular weight is 596 g/mol. The Bertz CT molecular complexity index is 1120. The zero-order valence-electron chi connectivity index (χ0n) is 19.8. The number of nitrogens with zero attached hydrogens (tertiary/aromatic N) is 3. The Morgan fingerprint density at radius 3 is 2.69 bits per heavy atom. The molecule has 4 rings (SSSR count). The van der Waals surface area contributed by atoms with Crippen LogP contribution in [0, 0.1) is 14.8 Å². The number of anilines is 2. The van der Waals surface area contributed by atoms with Gasteiger partial charge in [0.15, 0.2) is 0 Å². The topological polar surface area (TPSA) is 106 Å². The first kappa shape index (κ1) is 25.6. The number of piperidine rings is 1. The molecule has 2 aliphatic rings. The fourth-order valence-electron chi connectivity index (χ4n) is 5.45. The summed E-state index contributed by atoms with van der Waals surface area (Å²) in [4.78, 5) is 32.1.